The van der Waals surface area contributed by atoms with E-state index >= 15 is 0 Å². The van der Waals surface area contributed by atoms with Crippen LogP contribution in [0, 0.1) is 0 Å². The van der Waals surface area contributed by atoms with Crippen LogP contribution in [0.5, 0.6) is 0 Å². The molecule has 0 rings (SSSR count). The molecule has 0 bridgehead atoms. The zero-order chi connectivity index (χ0) is 35.7. The fourth-order valence-corrected chi connectivity index (χ4v) is 6.03. The van der Waals surface area contributed by atoms with E-state index in [0.29, 0.717) is 6.42 Å². The van der Waals surface area contributed by atoms with Crippen molar-refractivity contribution in [2.24, 2.45) is 0 Å². The summed E-state index contributed by atoms with van der Waals surface area (Å²) in [4.78, 5) is 12.3. The van der Waals surface area contributed by atoms with E-state index in [4.69, 9.17) is 0 Å². The minimum atomic E-state index is -0.871. The summed E-state index contributed by atoms with van der Waals surface area (Å²) in [5, 5.41) is 22.9. The van der Waals surface area contributed by atoms with Crippen LogP contribution < -0.4 is 5.32 Å². The summed E-state index contributed by atoms with van der Waals surface area (Å²) >= 11 is 0. The lowest BCUT2D eigenvalue weighted by atomic mass is 10.0. The van der Waals surface area contributed by atoms with Crippen LogP contribution in [0.1, 0.15) is 200 Å². The molecule has 1 amide bonds. The summed E-state index contributed by atoms with van der Waals surface area (Å²) in [6, 6.07) is -0.649. The molecule has 0 radical (unpaired) electrons. The van der Waals surface area contributed by atoms with Gasteiger partial charge in [0.15, 0.2) is 0 Å². The average molecular weight is 684 g/mol. The van der Waals surface area contributed by atoms with Crippen LogP contribution in [0.2, 0.25) is 0 Å². The Balaban J connectivity index is 3.65. The smallest absolute Gasteiger partial charge is 0.220 e. The number of hydrogen-bond acceptors (Lipinski definition) is 3. The van der Waals surface area contributed by atoms with Gasteiger partial charge in [-0.15, -0.1) is 0 Å². The van der Waals surface area contributed by atoms with Gasteiger partial charge in [-0.05, 0) is 64.2 Å². The number of hydrogen-bond donors (Lipinski definition) is 3. The maximum absolute atomic E-state index is 12.3. The van der Waals surface area contributed by atoms with Crippen LogP contribution in [-0.4, -0.2) is 34.9 Å². The first kappa shape index (κ1) is 47.1. The molecule has 49 heavy (non-hydrogen) atoms. The molecular weight excluding hydrogens is 602 g/mol. The highest BCUT2D eigenvalue weighted by Gasteiger charge is 2.17. The molecule has 0 aliphatic heterocycles. The fraction of sp³-hybridized carbons (Fsp3) is 0.756. The molecule has 0 saturated carbocycles. The molecule has 0 fully saturated rings. The fourth-order valence-electron chi connectivity index (χ4n) is 6.03. The molecule has 0 saturated heterocycles. The Bertz CT molecular complexity index is 827. The van der Waals surface area contributed by atoms with E-state index in [-0.39, 0.29) is 12.5 Å². The Morgan fingerprint density at radius 1 is 0.510 bits per heavy atom. The topological polar surface area (TPSA) is 69.6 Å². The quantitative estimate of drug-likeness (QED) is 0.0451. The molecule has 0 heterocycles. The van der Waals surface area contributed by atoms with E-state index < -0.39 is 12.1 Å². The molecule has 4 nitrogen and oxygen atoms in total. The first-order chi connectivity index (χ1) is 24.2. The molecule has 3 N–H and O–H groups in total. The molecule has 284 valence electrons. The van der Waals surface area contributed by atoms with Gasteiger partial charge < -0.3 is 15.5 Å². The number of aliphatic hydroxyl groups excluding tert-OH is 2. The second-order valence-electron chi connectivity index (χ2n) is 14.0. The highest BCUT2D eigenvalue weighted by Crippen LogP contribution is 2.14. The van der Waals surface area contributed by atoms with E-state index in [1.807, 2.05) is 6.08 Å². The van der Waals surface area contributed by atoms with Crippen molar-refractivity contribution >= 4 is 5.91 Å². The summed E-state index contributed by atoms with van der Waals surface area (Å²) in [7, 11) is 0. The lowest BCUT2D eigenvalue weighted by molar-refractivity contribution is -0.123. The van der Waals surface area contributed by atoms with Gasteiger partial charge in [-0.25, -0.2) is 0 Å². The molecule has 0 aliphatic rings. The average Bonchev–Trinajstić information content (AvgIpc) is 3.10. The molecule has 2 atom stereocenters. The highest BCUT2D eigenvalue weighted by atomic mass is 16.3. The lowest BCUT2D eigenvalue weighted by Crippen LogP contribution is -2.45. The van der Waals surface area contributed by atoms with Crippen molar-refractivity contribution in [2.45, 2.75) is 212 Å². The molecule has 2 unspecified atom stereocenters. The van der Waals surface area contributed by atoms with Gasteiger partial charge in [-0.1, -0.05) is 190 Å². The predicted octanol–water partition coefficient (Wildman–Crippen LogP) is 13.0. The van der Waals surface area contributed by atoms with Crippen LogP contribution in [0.4, 0.5) is 0 Å². The third-order valence-electron chi connectivity index (χ3n) is 9.23. The van der Waals surface area contributed by atoms with Gasteiger partial charge in [0, 0.05) is 6.42 Å². The SMILES string of the molecule is CC/C=C\C/C=C\C/C=C\CCCCCCCC(=O)NC(CO)C(O)/C=C/CC/C=C/CCCCCCCCCCCCCCCCCC. The van der Waals surface area contributed by atoms with Gasteiger partial charge in [-0.2, -0.15) is 0 Å². The van der Waals surface area contributed by atoms with Gasteiger partial charge >= 0.3 is 0 Å². The monoisotopic (exact) mass is 684 g/mol. The van der Waals surface area contributed by atoms with Crippen LogP contribution in [0.15, 0.2) is 60.8 Å². The molecule has 0 aromatic rings. The standard InChI is InChI=1S/C45H81NO3/c1-3-5-7-9-11-13-15-17-19-20-21-22-23-24-25-27-28-30-32-34-36-38-40-44(48)43(42-47)46-45(49)41-39-37-35-33-31-29-26-18-16-14-12-10-8-6-4-2/h6,8,12,14,18,26,30,32,38,40,43-44,47-48H,3-5,7,9-11,13,15-17,19-25,27-29,31,33-37,39,41-42H2,1-2H3,(H,46,49)/b8-6-,14-12-,26-18-,32-30+,40-38+. The van der Waals surface area contributed by atoms with Gasteiger partial charge in [0.05, 0.1) is 18.8 Å². The Morgan fingerprint density at radius 3 is 1.43 bits per heavy atom. The van der Waals surface area contributed by atoms with E-state index in [1.165, 1.54) is 116 Å². The van der Waals surface area contributed by atoms with Gasteiger partial charge in [0.25, 0.3) is 0 Å². The third-order valence-corrected chi connectivity index (χ3v) is 9.23. The molecule has 0 aromatic carbocycles. The third kappa shape index (κ3) is 37.2. The van der Waals surface area contributed by atoms with Gasteiger partial charge in [-0.3, -0.25) is 4.79 Å². The Hall–Kier alpha value is -1.91. The summed E-state index contributed by atoms with van der Waals surface area (Å²) < 4.78 is 0. The predicted molar refractivity (Wildman–Crippen MR) is 216 cm³/mol. The number of allylic oxidation sites excluding steroid dienone is 9. The largest absolute Gasteiger partial charge is 0.394 e. The van der Waals surface area contributed by atoms with Gasteiger partial charge in [0.1, 0.15) is 0 Å². The van der Waals surface area contributed by atoms with E-state index in [9.17, 15) is 15.0 Å². The van der Waals surface area contributed by atoms with Crippen molar-refractivity contribution < 1.29 is 15.0 Å². The maximum Gasteiger partial charge on any atom is 0.220 e. The van der Waals surface area contributed by atoms with Crippen molar-refractivity contribution in [3.8, 4) is 0 Å². The van der Waals surface area contributed by atoms with Crippen LogP contribution >= 0.6 is 0 Å². The lowest BCUT2D eigenvalue weighted by Gasteiger charge is -2.19. The second-order valence-corrected chi connectivity index (χ2v) is 14.0. The maximum atomic E-state index is 12.3. The Morgan fingerprint density at radius 2 is 0.918 bits per heavy atom. The number of carbonyl (C=O) groups excluding carboxylic acids is 1. The zero-order valence-corrected chi connectivity index (χ0v) is 32.4. The van der Waals surface area contributed by atoms with Gasteiger partial charge in [0.2, 0.25) is 5.91 Å². The summed E-state index contributed by atoms with van der Waals surface area (Å²) in [5.41, 5.74) is 0. The number of nitrogens with one attached hydrogen (secondary N) is 1. The first-order valence-electron chi connectivity index (χ1n) is 21.0. The van der Waals surface area contributed by atoms with E-state index in [2.05, 4.69) is 67.8 Å². The number of aliphatic hydroxyl groups is 2. The van der Waals surface area contributed by atoms with Crippen LogP contribution in [0.3, 0.4) is 0 Å². The number of unbranched alkanes of at least 4 members (excludes halogenated alkanes) is 22. The molecule has 4 heteroatoms. The van der Waals surface area contributed by atoms with Crippen LogP contribution in [0.25, 0.3) is 0 Å². The summed E-state index contributed by atoms with van der Waals surface area (Å²) in [6.07, 6.45) is 56.1. The van der Waals surface area contributed by atoms with E-state index in [0.717, 1.165) is 64.2 Å². The first-order valence-corrected chi connectivity index (χ1v) is 21.0. The number of amides is 1. The van der Waals surface area contributed by atoms with Crippen molar-refractivity contribution in [3.05, 3.63) is 60.8 Å². The van der Waals surface area contributed by atoms with Crippen molar-refractivity contribution in [1.82, 2.24) is 5.32 Å². The summed E-state index contributed by atoms with van der Waals surface area (Å²) in [6.45, 7) is 4.17. The zero-order valence-electron chi connectivity index (χ0n) is 32.4. The summed E-state index contributed by atoms with van der Waals surface area (Å²) in [5.74, 6) is -0.0929. The minimum Gasteiger partial charge on any atom is -0.394 e. The Kier molecular flexibility index (Phi) is 38.9. The number of rotatable bonds is 37. The van der Waals surface area contributed by atoms with Crippen molar-refractivity contribution in [3.63, 3.8) is 0 Å². The van der Waals surface area contributed by atoms with Crippen LogP contribution in [-0.2, 0) is 4.79 Å². The molecular formula is C45H81NO3. The normalized spacial score (nSPS) is 13.6. The van der Waals surface area contributed by atoms with Crippen molar-refractivity contribution in [2.75, 3.05) is 6.61 Å². The minimum absolute atomic E-state index is 0.0929. The molecule has 0 aromatic heterocycles. The molecule has 0 spiro atoms. The van der Waals surface area contributed by atoms with E-state index in [1.54, 1.807) is 6.08 Å². The number of carbonyl (C=O) groups is 1. The highest BCUT2D eigenvalue weighted by molar-refractivity contribution is 5.76. The second kappa shape index (κ2) is 40.5. The molecule has 0 aliphatic carbocycles. The van der Waals surface area contributed by atoms with Crippen molar-refractivity contribution in [1.29, 1.82) is 0 Å². The Labute approximate surface area is 305 Å².